The van der Waals surface area contributed by atoms with E-state index in [4.69, 9.17) is 0 Å². The lowest BCUT2D eigenvalue weighted by atomic mass is 10.1. The Labute approximate surface area is 174 Å². The highest BCUT2D eigenvalue weighted by Crippen LogP contribution is 2.32. The van der Waals surface area contributed by atoms with E-state index in [1.165, 1.54) is 5.01 Å². The number of fused-ring (bicyclic) bond motifs is 1. The first-order valence-corrected chi connectivity index (χ1v) is 9.76. The summed E-state index contributed by atoms with van der Waals surface area (Å²) in [6, 6.07) is 9.34. The standard InChI is InChI=1S/C22H23N5O3/c1-12-8-9-16(10-15(12)4)27-21(29)19-20(22(27)30)26(25-24-19)11-17(28)23-18-13(2)6-5-7-14(18)3/h5-10,19-20H,11H2,1-4H3,(H,23,28). The summed E-state index contributed by atoms with van der Waals surface area (Å²) < 4.78 is 0. The molecular weight excluding hydrogens is 382 g/mol. The average Bonchev–Trinajstić information content (AvgIpc) is 3.21. The molecule has 2 heterocycles. The second-order valence-electron chi connectivity index (χ2n) is 7.79. The predicted octanol–water partition coefficient (Wildman–Crippen LogP) is 2.85. The molecule has 2 aliphatic rings. The van der Waals surface area contributed by atoms with Gasteiger partial charge in [-0.15, -0.1) is 0 Å². The Balaban J connectivity index is 1.52. The molecule has 1 N–H and O–H groups in total. The number of aryl methyl sites for hydroxylation is 4. The molecule has 0 spiro atoms. The Hall–Kier alpha value is -3.55. The molecule has 3 amide bonds. The minimum absolute atomic E-state index is 0.168. The molecule has 2 atom stereocenters. The van der Waals surface area contributed by atoms with Crippen LogP contribution in [0, 0.1) is 27.7 Å². The number of para-hydroxylation sites is 1. The fourth-order valence-electron chi connectivity index (χ4n) is 3.81. The van der Waals surface area contributed by atoms with Crippen LogP contribution in [0.25, 0.3) is 0 Å². The largest absolute Gasteiger partial charge is 0.324 e. The summed E-state index contributed by atoms with van der Waals surface area (Å²) in [5, 5.41) is 12.1. The lowest BCUT2D eigenvalue weighted by Gasteiger charge is -2.21. The van der Waals surface area contributed by atoms with Crippen molar-refractivity contribution in [3.8, 4) is 0 Å². The molecule has 4 rings (SSSR count). The average molecular weight is 405 g/mol. The summed E-state index contributed by atoms with van der Waals surface area (Å²) >= 11 is 0. The van der Waals surface area contributed by atoms with Crippen LogP contribution >= 0.6 is 0 Å². The fourth-order valence-corrected chi connectivity index (χ4v) is 3.81. The number of anilines is 2. The van der Waals surface area contributed by atoms with Gasteiger partial charge in [0, 0.05) is 5.69 Å². The molecule has 1 fully saturated rings. The zero-order valence-corrected chi connectivity index (χ0v) is 17.3. The molecule has 1 saturated heterocycles. The summed E-state index contributed by atoms with van der Waals surface area (Å²) in [5.74, 6) is -1.16. The van der Waals surface area contributed by atoms with Crippen molar-refractivity contribution in [1.82, 2.24) is 5.01 Å². The van der Waals surface area contributed by atoms with Crippen molar-refractivity contribution in [2.24, 2.45) is 10.3 Å². The lowest BCUT2D eigenvalue weighted by molar-refractivity contribution is -0.123. The van der Waals surface area contributed by atoms with Gasteiger partial charge in [-0.2, -0.15) is 5.11 Å². The summed E-state index contributed by atoms with van der Waals surface area (Å²) in [6.45, 7) is 7.54. The van der Waals surface area contributed by atoms with Gasteiger partial charge in [-0.25, -0.2) is 4.90 Å². The molecule has 0 radical (unpaired) electrons. The number of carbonyl (C=O) groups is 3. The topological polar surface area (TPSA) is 94.4 Å². The van der Waals surface area contributed by atoms with Crippen molar-refractivity contribution < 1.29 is 14.4 Å². The van der Waals surface area contributed by atoms with Crippen molar-refractivity contribution in [1.29, 1.82) is 0 Å². The summed E-state index contributed by atoms with van der Waals surface area (Å²) in [6.07, 6.45) is 0. The van der Waals surface area contributed by atoms with Crippen LogP contribution in [0.5, 0.6) is 0 Å². The number of hydrogen-bond acceptors (Lipinski definition) is 6. The monoisotopic (exact) mass is 405 g/mol. The van der Waals surface area contributed by atoms with Crippen LogP contribution in [0.4, 0.5) is 11.4 Å². The third-order valence-corrected chi connectivity index (χ3v) is 5.66. The van der Waals surface area contributed by atoms with Gasteiger partial charge in [0.1, 0.15) is 6.54 Å². The normalized spacial score (nSPS) is 20.1. The minimum Gasteiger partial charge on any atom is -0.324 e. The van der Waals surface area contributed by atoms with Gasteiger partial charge in [0.15, 0.2) is 12.1 Å². The fraction of sp³-hybridized carbons (Fsp3) is 0.318. The molecule has 2 aromatic rings. The van der Waals surface area contributed by atoms with Gasteiger partial charge < -0.3 is 5.32 Å². The molecule has 30 heavy (non-hydrogen) atoms. The van der Waals surface area contributed by atoms with Crippen LogP contribution < -0.4 is 10.2 Å². The first-order chi connectivity index (χ1) is 14.3. The molecule has 0 aliphatic carbocycles. The van der Waals surface area contributed by atoms with Gasteiger partial charge in [0.05, 0.1) is 5.69 Å². The number of hydrogen-bond donors (Lipinski definition) is 1. The number of carbonyl (C=O) groups excluding carboxylic acids is 3. The van der Waals surface area contributed by atoms with Gasteiger partial charge in [-0.3, -0.25) is 19.4 Å². The zero-order valence-electron chi connectivity index (χ0n) is 17.3. The van der Waals surface area contributed by atoms with E-state index in [1.54, 1.807) is 12.1 Å². The molecule has 0 bridgehead atoms. The first-order valence-electron chi connectivity index (χ1n) is 9.76. The molecule has 0 saturated carbocycles. The van der Waals surface area contributed by atoms with Crippen LogP contribution in [-0.2, 0) is 14.4 Å². The highest BCUT2D eigenvalue weighted by atomic mass is 16.2. The van der Waals surface area contributed by atoms with Crippen LogP contribution in [0.2, 0.25) is 0 Å². The Kier molecular flexibility index (Phi) is 4.85. The van der Waals surface area contributed by atoms with Crippen LogP contribution in [0.1, 0.15) is 22.3 Å². The van der Waals surface area contributed by atoms with Crippen molar-refractivity contribution in [2.75, 3.05) is 16.8 Å². The van der Waals surface area contributed by atoms with E-state index in [1.807, 2.05) is 52.0 Å². The van der Waals surface area contributed by atoms with Gasteiger partial charge in [0.25, 0.3) is 11.8 Å². The highest BCUT2D eigenvalue weighted by molar-refractivity contribution is 6.25. The van der Waals surface area contributed by atoms with E-state index >= 15 is 0 Å². The third-order valence-electron chi connectivity index (χ3n) is 5.66. The second kappa shape index (κ2) is 7.37. The smallest absolute Gasteiger partial charge is 0.263 e. The molecule has 8 nitrogen and oxygen atoms in total. The van der Waals surface area contributed by atoms with E-state index in [0.717, 1.165) is 32.8 Å². The third kappa shape index (κ3) is 3.24. The molecular formula is C22H23N5O3. The van der Waals surface area contributed by atoms with Crippen molar-refractivity contribution >= 4 is 29.1 Å². The zero-order chi connectivity index (χ0) is 21.6. The Morgan fingerprint density at radius 3 is 2.33 bits per heavy atom. The Bertz CT molecular complexity index is 1070. The van der Waals surface area contributed by atoms with Crippen molar-refractivity contribution in [2.45, 2.75) is 39.8 Å². The van der Waals surface area contributed by atoms with E-state index in [-0.39, 0.29) is 12.5 Å². The molecule has 154 valence electrons. The molecule has 8 heteroatoms. The SMILES string of the molecule is Cc1ccc(N2C(=O)C3N=NN(CC(=O)Nc4c(C)cccc4C)C3C2=O)cc1C. The van der Waals surface area contributed by atoms with E-state index in [0.29, 0.717) is 5.69 Å². The number of benzene rings is 2. The van der Waals surface area contributed by atoms with Crippen LogP contribution in [0.15, 0.2) is 46.7 Å². The molecule has 2 aliphatic heterocycles. The second-order valence-corrected chi connectivity index (χ2v) is 7.79. The predicted molar refractivity (Wildman–Crippen MR) is 112 cm³/mol. The molecule has 0 aromatic heterocycles. The summed E-state index contributed by atoms with van der Waals surface area (Å²) in [7, 11) is 0. The number of amides is 3. The van der Waals surface area contributed by atoms with Crippen LogP contribution in [0.3, 0.4) is 0 Å². The summed E-state index contributed by atoms with van der Waals surface area (Å²) in [5.41, 5.74) is 5.19. The van der Waals surface area contributed by atoms with Crippen LogP contribution in [-0.4, -0.2) is 41.4 Å². The molecule has 2 unspecified atom stereocenters. The molecule has 2 aromatic carbocycles. The maximum absolute atomic E-state index is 13.1. The van der Waals surface area contributed by atoms with E-state index in [2.05, 4.69) is 15.7 Å². The van der Waals surface area contributed by atoms with Crippen molar-refractivity contribution in [3.05, 3.63) is 58.7 Å². The van der Waals surface area contributed by atoms with E-state index in [9.17, 15) is 14.4 Å². The van der Waals surface area contributed by atoms with Gasteiger partial charge in [0.2, 0.25) is 5.91 Å². The quantitative estimate of drug-likeness (QED) is 0.792. The van der Waals surface area contributed by atoms with Crippen molar-refractivity contribution in [3.63, 3.8) is 0 Å². The Morgan fingerprint density at radius 2 is 1.67 bits per heavy atom. The minimum atomic E-state index is -0.924. The maximum atomic E-state index is 13.1. The van der Waals surface area contributed by atoms with Gasteiger partial charge in [-0.1, -0.05) is 29.5 Å². The Morgan fingerprint density at radius 1 is 0.967 bits per heavy atom. The number of nitrogens with zero attached hydrogens (tertiary/aromatic N) is 4. The van der Waals surface area contributed by atoms with Gasteiger partial charge >= 0.3 is 0 Å². The first kappa shape index (κ1) is 19.8. The number of imide groups is 1. The lowest BCUT2D eigenvalue weighted by Crippen LogP contribution is -2.43. The highest BCUT2D eigenvalue weighted by Gasteiger charge is 2.55. The number of rotatable bonds is 4. The van der Waals surface area contributed by atoms with E-state index < -0.39 is 23.9 Å². The summed E-state index contributed by atoms with van der Waals surface area (Å²) in [4.78, 5) is 39.7. The maximum Gasteiger partial charge on any atom is 0.263 e. The van der Waals surface area contributed by atoms with Gasteiger partial charge in [-0.05, 0) is 62.1 Å². The number of nitrogens with one attached hydrogen (secondary N) is 1.